The van der Waals surface area contributed by atoms with Gasteiger partial charge in [-0.25, -0.2) is 0 Å². The normalized spacial score (nSPS) is 22.9. The van der Waals surface area contributed by atoms with Gasteiger partial charge < -0.3 is 4.90 Å². The Morgan fingerprint density at radius 3 is 2.27 bits per heavy atom. The molecule has 0 aliphatic heterocycles. The molecule has 0 radical (unpaired) electrons. The molecular formula is C10H21N. The largest absolute Gasteiger partial charge is 0.309 e. The lowest BCUT2D eigenvalue weighted by Crippen LogP contribution is -2.24. The van der Waals surface area contributed by atoms with Crippen LogP contribution in [0.3, 0.4) is 0 Å². The summed E-state index contributed by atoms with van der Waals surface area (Å²) in [6, 6.07) is 0. The quantitative estimate of drug-likeness (QED) is 0.605. The second kappa shape index (κ2) is 4.10. The molecule has 11 heavy (non-hydrogen) atoms. The van der Waals surface area contributed by atoms with Crippen LogP contribution in [0.4, 0.5) is 0 Å². The fraction of sp³-hybridized carbons (Fsp3) is 1.00. The van der Waals surface area contributed by atoms with E-state index in [2.05, 4.69) is 25.9 Å². The van der Waals surface area contributed by atoms with Gasteiger partial charge >= 0.3 is 0 Å². The van der Waals surface area contributed by atoms with Crippen molar-refractivity contribution in [3.05, 3.63) is 0 Å². The van der Waals surface area contributed by atoms with E-state index < -0.39 is 0 Å². The molecular weight excluding hydrogens is 134 g/mol. The molecule has 0 aromatic carbocycles. The van der Waals surface area contributed by atoms with Gasteiger partial charge in [0.1, 0.15) is 0 Å². The van der Waals surface area contributed by atoms with Crippen molar-refractivity contribution >= 4 is 0 Å². The van der Waals surface area contributed by atoms with E-state index in [0.29, 0.717) is 0 Å². The molecule has 0 aromatic heterocycles. The number of rotatable bonds is 3. The first-order valence-corrected chi connectivity index (χ1v) is 4.85. The summed E-state index contributed by atoms with van der Waals surface area (Å²) >= 11 is 0. The molecule has 1 atom stereocenters. The van der Waals surface area contributed by atoms with Crippen LogP contribution in [-0.4, -0.2) is 25.5 Å². The predicted octanol–water partition coefficient (Wildman–Crippen LogP) is 2.37. The Morgan fingerprint density at radius 1 is 1.27 bits per heavy atom. The molecule has 0 N–H and O–H groups in total. The van der Waals surface area contributed by atoms with Crippen molar-refractivity contribution in [1.29, 1.82) is 0 Å². The van der Waals surface area contributed by atoms with Crippen LogP contribution in [0.15, 0.2) is 0 Å². The van der Waals surface area contributed by atoms with Crippen molar-refractivity contribution in [3.8, 4) is 0 Å². The summed E-state index contributed by atoms with van der Waals surface area (Å²) in [5.74, 6) is 1.94. The van der Waals surface area contributed by atoms with Crippen LogP contribution in [0.5, 0.6) is 0 Å². The molecule has 66 valence electrons. The Bertz CT molecular complexity index is 103. The van der Waals surface area contributed by atoms with E-state index in [1.807, 2.05) is 0 Å². The van der Waals surface area contributed by atoms with Gasteiger partial charge in [0.25, 0.3) is 0 Å². The van der Waals surface area contributed by atoms with Crippen molar-refractivity contribution in [2.24, 2.45) is 11.8 Å². The minimum absolute atomic E-state index is 0.910. The Kier molecular flexibility index (Phi) is 3.38. The summed E-state index contributed by atoms with van der Waals surface area (Å²) in [6.45, 7) is 3.67. The second-order valence-corrected chi connectivity index (χ2v) is 4.28. The lowest BCUT2D eigenvalue weighted by molar-refractivity contribution is 0.265. The first-order chi connectivity index (χ1) is 5.20. The van der Waals surface area contributed by atoms with Gasteiger partial charge in [0.05, 0.1) is 0 Å². The molecule has 0 saturated heterocycles. The smallest absolute Gasteiger partial charge is 0.000357 e. The van der Waals surface area contributed by atoms with Crippen molar-refractivity contribution in [2.45, 2.75) is 32.6 Å². The Morgan fingerprint density at radius 2 is 1.82 bits per heavy atom. The molecule has 1 aliphatic carbocycles. The molecule has 0 bridgehead atoms. The van der Waals surface area contributed by atoms with Crippen LogP contribution in [0.2, 0.25) is 0 Å². The Hall–Kier alpha value is -0.0400. The number of hydrogen-bond donors (Lipinski definition) is 0. The maximum absolute atomic E-state index is 2.40. The van der Waals surface area contributed by atoms with Gasteiger partial charge in [0.2, 0.25) is 0 Å². The van der Waals surface area contributed by atoms with Crippen LogP contribution in [0, 0.1) is 11.8 Å². The number of hydrogen-bond acceptors (Lipinski definition) is 1. The summed E-state index contributed by atoms with van der Waals surface area (Å²) < 4.78 is 0. The standard InChI is InChI=1S/C10H21N/c1-9(8-11(2)3)10-6-4-5-7-10/h9-10H,4-8H2,1-3H3. The Labute approximate surface area is 70.8 Å². The molecule has 1 aliphatic rings. The zero-order valence-electron chi connectivity index (χ0n) is 8.14. The summed E-state index contributed by atoms with van der Waals surface area (Å²) in [4.78, 5) is 2.31. The van der Waals surface area contributed by atoms with Gasteiger partial charge in [-0.1, -0.05) is 32.6 Å². The van der Waals surface area contributed by atoms with Crippen molar-refractivity contribution in [3.63, 3.8) is 0 Å². The lowest BCUT2D eigenvalue weighted by Gasteiger charge is -2.22. The van der Waals surface area contributed by atoms with E-state index in [9.17, 15) is 0 Å². The molecule has 1 unspecified atom stereocenters. The molecule has 1 fully saturated rings. The third-order valence-electron chi connectivity index (χ3n) is 2.86. The van der Waals surface area contributed by atoms with E-state index in [1.165, 1.54) is 32.2 Å². The Balaban J connectivity index is 2.22. The molecule has 1 saturated carbocycles. The average molecular weight is 155 g/mol. The molecule has 1 nitrogen and oxygen atoms in total. The number of nitrogens with zero attached hydrogens (tertiary/aromatic N) is 1. The molecule has 0 aromatic rings. The van der Waals surface area contributed by atoms with E-state index in [1.54, 1.807) is 0 Å². The first-order valence-electron chi connectivity index (χ1n) is 4.85. The van der Waals surface area contributed by atoms with Crippen LogP contribution >= 0.6 is 0 Å². The fourth-order valence-electron chi connectivity index (χ4n) is 2.25. The summed E-state index contributed by atoms with van der Waals surface area (Å²) in [6.07, 6.45) is 5.91. The first kappa shape index (κ1) is 9.05. The van der Waals surface area contributed by atoms with Crippen LogP contribution in [0.25, 0.3) is 0 Å². The molecule has 0 spiro atoms. The van der Waals surface area contributed by atoms with E-state index in [4.69, 9.17) is 0 Å². The van der Waals surface area contributed by atoms with Crippen LogP contribution in [0.1, 0.15) is 32.6 Å². The monoisotopic (exact) mass is 155 g/mol. The third-order valence-corrected chi connectivity index (χ3v) is 2.86. The second-order valence-electron chi connectivity index (χ2n) is 4.28. The highest BCUT2D eigenvalue weighted by molar-refractivity contribution is 4.73. The van der Waals surface area contributed by atoms with Crippen molar-refractivity contribution in [2.75, 3.05) is 20.6 Å². The average Bonchev–Trinajstić information content (AvgIpc) is 2.35. The topological polar surface area (TPSA) is 3.24 Å². The van der Waals surface area contributed by atoms with E-state index in [-0.39, 0.29) is 0 Å². The van der Waals surface area contributed by atoms with Crippen molar-refractivity contribution in [1.82, 2.24) is 4.90 Å². The highest BCUT2D eigenvalue weighted by Crippen LogP contribution is 2.31. The highest BCUT2D eigenvalue weighted by atomic mass is 15.1. The summed E-state index contributed by atoms with van der Waals surface area (Å²) in [5, 5.41) is 0. The molecule has 0 heterocycles. The van der Waals surface area contributed by atoms with Gasteiger partial charge in [-0.15, -0.1) is 0 Å². The summed E-state index contributed by atoms with van der Waals surface area (Å²) in [7, 11) is 4.34. The maximum Gasteiger partial charge on any atom is 0.000357 e. The minimum Gasteiger partial charge on any atom is -0.309 e. The molecule has 1 rings (SSSR count). The molecule has 0 amide bonds. The SMILES string of the molecule is CC(CN(C)C)C1CCCC1. The van der Waals surface area contributed by atoms with Crippen molar-refractivity contribution < 1.29 is 0 Å². The van der Waals surface area contributed by atoms with Gasteiger partial charge in [0, 0.05) is 6.54 Å². The van der Waals surface area contributed by atoms with Gasteiger partial charge in [-0.05, 0) is 25.9 Å². The maximum atomic E-state index is 2.40. The van der Waals surface area contributed by atoms with Crippen LogP contribution in [-0.2, 0) is 0 Å². The fourth-order valence-corrected chi connectivity index (χ4v) is 2.25. The lowest BCUT2D eigenvalue weighted by atomic mass is 9.92. The molecule has 1 heteroatoms. The third kappa shape index (κ3) is 2.82. The zero-order chi connectivity index (χ0) is 8.27. The minimum atomic E-state index is 0.910. The van der Waals surface area contributed by atoms with Crippen LogP contribution < -0.4 is 0 Å². The summed E-state index contributed by atoms with van der Waals surface area (Å²) in [5.41, 5.74) is 0. The van der Waals surface area contributed by atoms with E-state index in [0.717, 1.165) is 11.8 Å². The van der Waals surface area contributed by atoms with Gasteiger partial charge in [0.15, 0.2) is 0 Å². The van der Waals surface area contributed by atoms with Gasteiger partial charge in [-0.3, -0.25) is 0 Å². The van der Waals surface area contributed by atoms with Gasteiger partial charge in [-0.2, -0.15) is 0 Å². The highest BCUT2D eigenvalue weighted by Gasteiger charge is 2.21. The van der Waals surface area contributed by atoms with E-state index >= 15 is 0 Å². The zero-order valence-corrected chi connectivity index (χ0v) is 8.14. The predicted molar refractivity (Wildman–Crippen MR) is 49.7 cm³/mol.